The van der Waals surface area contributed by atoms with Gasteiger partial charge in [0.1, 0.15) is 11.5 Å². The minimum Gasteiger partial charge on any atom is -0.338 e. The Morgan fingerprint density at radius 3 is 2.64 bits per heavy atom. The number of H-pyrrole nitrogens is 1. The molecule has 3 aromatic heterocycles. The van der Waals surface area contributed by atoms with Gasteiger partial charge < -0.3 is 10.6 Å². The number of carbonyl (C=O) groups excluding carboxylic acids is 1. The number of hydrogen-bond donors (Lipinski definition) is 3. The van der Waals surface area contributed by atoms with Gasteiger partial charge in [0.2, 0.25) is 0 Å². The Morgan fingerprint density at radius 2 is 1.82 bits per heavy atom. The fourth-order valence-corrected chi connectivity index (χ4v) is 6.81. The quantitative estimate of drug-likeness (QED) is 0.153. The van der Waals surface area contributed by atoms with E-state index < -0.39 is 5.82 Å². The fraction of sp³-hybridized carbons (Fsp3) is 0.167. The van der Waals surface area contributed by atoms with E-state index in [1.165, 1.54) is 16.9 Å². The number of amidine groups is 1. The van der Waals surface area contributed by atoms with E-state index >= 15 is 4.39 Å². The lowest BCUT2D eigenvalue weighted by Crippen LogP contribution is -2.15. The normalized spacial score (nSPS) is 12.8. The summed E-state index contributed by atoms with van der Waals surface area (Å²) in [6.07, 6.45) is 2.25. The summed E-state index contributed by atoms with van der Waals surface area (Å²) in [7, 11) is 0. The Kier molecular flexibility index (Phi) is 7.79. The van der Waals surface area contributed by atoms with Crippen LogP contribution in [0, 0.1) is 12.7 Å². The smallest absolute Gasteiger partial charge is 0.184 e. The molecule has 6 aromatic rings. The second kappa shape index (κ2) is 12.2. The molecule has 0 unspecified atom stereocenters. The number of halogens is 1. The topological polar surface area (TPSA) is 95.1 Å². The van der Waals surface area contributed by atoms with Gasteiger partial charge in [-0.25, -0.2) is 9.37 Å². The molecule has 0 saturated heterocycles. The number of anilines is 1. The number of aliphatic imine (C=N–C) groups is 1. The van der Waals surface area contributed by atoms with Gasteiger partial charge in [-0.3, -0.25) is 14.9 Å². The average Bonchev–Trinajstić information content (AvgIpc) is 3.65. The summed E-state index contributed by atoms with van der Waals surface area (Å²) in [6.45, 7) is 5.51. The van der Waals surface area contributed by atoms with Gasteiger partial charge in [0.05, 0.1) is 10.3 Å². The number of carbonyl (C=O) groups is 1. The molecule has 0 spiro atoms. The van der Waals surface area contributed by atoms with Crippen molar-refractivity contribution in [3.8, 4) is 21.6 Å². The van der Waals surface area contributed by atoms with E-state index in [0.29, 0.717) is 47.6 Å². The van der Waals surface area contributed by atoms with E-state index in [9.17, 15) is 4.79 Å². The van der Waals surface area contributed by atoms with Crippen molar-refractivity contribution in [2.75, 3.05) is 11.9 Å². The van der Waals surface area contributed by atoms with Crippen LogP contribution in [0.3, 0.4) is 0 Å². The SMILES string of the molecule is CC(=O)c1ccc(-c2cccc3c2CCN=C(c2[nH]nc4ncc(-c5cc(C)cc(CNCc6ccccc6)c5)c(F)c24)N3)s1. The monoisotopic (exact) mass is 614 g/mol. The van der Waals surface area contributed by atoms with Crippen molar-refractivity contribution in [2.45, 2.75) is 33.4 Å². The molecule has 0 aliphatic carbocycles. The lowest BCUT2D eigenvalue weighted by molar-refractivity contribution is 0.102. The van der Waals surface area contributed by atoms with Crippen LogP contribution in [-0.2, 0) is 19.5 Å². The van der Waals surface area contributed by atoms with Gasteiger partial charge in [0, 0.05) is 42.0 Å². The highest BCUT2D eigenvalue weighted by Gasteiger charge is 2.23. The number of nitrogens with zero attached hydrogens (tertiary/aromatic N) is 3. The molecule has 3 N–H and O–H groups in total. The first-order valence-electron chi connectivity index (χ1n) is 14.9. The highest BCUT2D eigenvalue weighted by atomic mass is 32.1. The largest absolute Gasteiger partial charge is 0.338 e. The summed E-state index contributed by atoms with van der Waals surface area (Å²) in [5.41, 5.74) is 8.30. The van der Waals surface area contributed by atoms with Crippen molar-refractivity contribution < 1.29 is 9.18 Å². The Balaban J connectivity index is 1.19. The van der Waals surface area contributed by atoms with Crippen molar-refractivity contribution in [1.29, 1.82) is 0 Å². The maximum atomic E-state index is 16.5. The third kappa shape index (κ3) is 5.80. The summed E-state index contributed by atoms with van der Waals surface area (Å²) in [5, 5.41) is 14.6. The minimum absolute atomic E-state index is 0.0553. The van der Waals surface area contributed by atoms with Crippen LogP contribution in [0.5, 0.6) is 0 Å². The van der Waals surface area contributed by atoms with Crippen molar-refractivity contribution in [1.82, 2.24) is 20.5 Å². The van der Waals surface area contributed by atoms with Crippen LogP contribution in [-0.4, -0.2) is 33.3 Å². The summed E-state index contributed by atoms with van der Waals surface area (Å²) < 4.78 is 16.5. The Labute approximate surface area is 264 Å². The number of nitrogens with one attached hydrogen (secondary N) is 3. The van der Waals surface area contributed by atoms with Gasteiger partial charge in [-0.15, -0.1) is 11.3 Å². The van der Waals surface area contributed by atoms with Crippen LogP contribution < -0.4 is 10.6 Å². The number of aromatic amines is 1. The number of fused-ring (bicyclic) bond motifs is 2. The zero-order valence-corrected chi connectivity index (χ0v) is 25.8. The molecule has 0 bridgehead atoms. The lowest BCUT2D eigenvalue weighted by atomic mass is 9.99. The lowest BCUT2D eigenvalue weighted by Gasteiger charge is -2.13. The standard InChI is InChI=1S/C36H31FN6OS/c1-21-15-24(19-38-18-23-7-4-3-5-8-23)17-25(16-21)28-20-40-35-32(33(28)37)34(42-43-35)36-39-14-13-26-27(9-6-10-29(26)41-36)31-12-11-30(45-31)22(2)44/h3-12,15-17,20,38H,13-14,18-19H2,1-2H3,(H,39,41)(H,40,42,43). The van der Waals surface area contributed by atoms with E-state index in [0.717, 1.165) is 49.8 Å². The fourth-order valence-electron chi connectivity index (χ4n) is 5.85. The summed E-state index contributed by atoms with van der Waals surface area (Å²) in [6, 6.07) is 26.3. The number of rotatable bonds is 8. The molecule has 45 heavy (non-hydrogen) atoms. The molecule has 7 nitrogen and oxygen atoms in total. The third-order valence-electron chi connectivity index (χ3n) is 7.98. The Bertz CT molecular complexity index is 2080. The van der Waals surface area contributed by atoms with Crippen LogP contribution in [0.15, 0.2) is 90.1 Å². The Hall–Kier alpha value is -4.99. The molecule has 1 aliphatic rings. The second-order valence-corrected chi connectivity index (χ2v) is 12.3. The molecule has 0 amide bonds. The maximum Gasteiger partial charge on any atom is 0.184 e. The number of ketones is 1. The molecular weight excluding hydrogens is 584 g/mol. The van der Waals surface area contributed by atoms with Crippen molar-refractivity contribution in [3.63, 3.8) is 0 Å². The summed E-state index contributed by atoms with van der Waals surface area (Å²) >= 11 is 1.49. The van der Waals surface area contributed by atoms with Gasteiger partial charge >= 0.3 is 0 Å². The van der Waals surface area contributed by atoms with Crippen LogP contribution in [0.4, 0.5) is 10.1 Å². The van der Waals surface area contributed by atoms with Gasteiger partial charge in [-0.1, -0.05) is 60.2 Å². The van der Waals surface area contributed by atoms with Gasteiger partial charge in [-0.2, -0.15) is 5.10 Å². The summed E-state index contributed by atoms with van der Waals surface area (Å²) in [5.74, 6) is 0.173. The van der Waals surface area contributed by atoms with Gasteiger partial charge in [0.25, 0.3) is 0 Å². The van der Waals surface area contributed by atoms with Crippen LogP contribution in [0.2, 0.25) is 0 Å². The Morgan fingerprint density at radius 1 is 0.978 bits per heavy atom. The van der Waals surface area contributed by atoms with E-state index in [4.69, 9.17) is 4.99 Å². The number of thiophene rings is 1. The highest BCUT2D eigenvalue weighted by molar-refractivity contribution is 7.17. The number of pyridine rings is 1. The molecule has 0 saturated carbocycles. The van der Waals surface area contributed by atoms with Crippen molar-refractivity contribution >= 4 is 39.7 Å². The number of aromatic nitrogens is 3. The average molecular weight is 615 g/mol. The second-order valence-electron chi connectivity index (χ2n) is 11.2. The van der Waals surface area contributed by atoms with Gasteiger partial charge in [0.15, 0.2) is 17.3 Å². The predicted octanol–water partition coefficient (Wildman–Crippen LogP) is 7.71. The molecule has 0 fully saturated rings. The molecule has 9 heteroatoms. The molecule has 0 radical (unpaired) electrons. The number of benzene rings is 3. The number of aryl methyl sites for hydroxylation is 1. The first kappa shape index (κ1) is 28.8. The van der Waals surface area contributed by atoms with E-state index in [1.807, 2.05) is 61.5 Å². The predicted molar refractivity (Wildman–Crippen MR) is 179 cm³/mol. The molecule has 4 heterocycles. The number of Topliss-reactive ketones (excluding diaryl/α,β-unsaturated/α-hetero) is 1. The van der Waals surface area contributed by atoms with Crippen molar-refractivity contribution in [3.05, 3.63) is 124 Å². The minimum atomic E-state index is -0.393. The van der Waals surface area contributed by atoms with E-state index in [2.05, 4.69) is 50.1 Å². The van der Waals surface area contributed by atoms with Crippen LogP contribution in [0.1, 0.15) is 44.5 Å². The molecule has 0 atom stereocenters. The van der Waals surface area contributed by atoms with E-state index in [1.54, 1.807) is 13.1 Å². The van der Waals surface area contributed by atoms with Crippen LogP contribution in [0.25, 0.3) is 32.6 Å². The van der Waals surface area contributed by atoms with Crippen LogP contribution >= 0.6 is 11.3 Å². The highest BCUT2D eigenvalue weighted by Crippen LogP contribution is 2.36. The van der Waals surface area contributed by atoms with Crippen molar-refractivity contribution in [2.24, 2.45) is 4.99 Å². The molecular formula is C36H31FN6OS. The number of hydrogen-bond acceptors (Lipinski definition) is 7. The third-order valence-corrected chi connectivity index (χ3v) is 9.20. The summed E-state index contributed by atoms with van der Waals surface area (Å²) in [4.78, 5) is 23.0. The molecule has 7 rings (SSSR count). The molecule has 1 aliphatic heterocycles. The maximum absolute atomic E-state index is 16.5. The molecule has 3 aromatic carbocycles. The first-order chi connectivity index (χ1) is 21.9. The molecule has 224 valence electrons. The van der Waals surface area contributed by atoms with Gasteiger partial charge in [-0.05, 0) is 72.4 Å². The zero-order chi connectivity index (χ0) is 30.9. The zero-order valence-electron chi connectivity index (χ0n) is 24.9. The van der Waals surface area contributed by atoms with E-state index in [-0.39, 0.29) is 5.78 Å². The first-order valence-corrected chi connectivity index (χ1v) is 15.7.